The van der Waals surface area contributed by atoms with E-state index in [0.29, 0.717) is 6.04 Å². The molecule has 2 aliphatic heterocycles. The molecule has 0 aromatic heterocycles. The van der Waals surface area contributed by atoms with Crippen molar-refractivity contribution in [1.29, 1.82) is 0 Å². The summed E-state index contributed by atoms with van der Waals surface area (Å²) in [7, 11) is 0. The van der Waals surface area contributed by atoms with Crippen molar-refractivity contribution in [2.24, 2.45) is 11.8 Å². The van der Waals surface area contributed by atoms with Gasteiger partial charge in [0, 0.05) is 24.7 Å². The lowest BCUT2D eigenvalue weighted by Crippen LogP contribution is -2.46. The predicted octanol–water partition coefficient (Wildman–Crippen LogP) is 3.21. The minimum atomic E-state index is -0.148. The van der Waals surface area contributed by atoms with Crippen molar-refractivity contribution < 1.29 is 4.39 Å². The Morgan fingerprint density at radius 2 is 2.00 bits per heavy atom. The predicted molar refractivity (Wildman–Crippen MR) is 80.1 cm³/mol. The second-order valence-corrected chi connectivity index (χ2v) is 6.81. The molecular formula is C17H25FN2. The van der Waals surface area contributed by atoms with Gasteiger partial charge in [-0.15, -0.1) is 0 Å². The van der Waals surface area contributed by atoms with Crippen molar-refractivity contribution in [1.82, 2.24) is 10.2 Å². The fourth-order valence-electron chi connectivity index (χ4n) is 4.30. The molecule has 3 heteroatoms. The first kappa shape index (κ1) is 14.0. The molecule has 0 amide bonds. The van der Waals surface area contributed by atoms with Gasteiger partial charge < -0.3 is 5.32 Å². The highest BCUT2D eigenvalue weighted by Gasteiger charge is 2.51. The Balaban J connectivity index is 1.88. The number of rotatable bonds is 3. The second-order valence-electron chi connectivity index (χ2n) is 6.81. The van der Waals surface area contributed by atoms with E-state index in [4.69, 9.17) is 0 Å². The van der Waals surface area contributed by atoms with Crippen molar-refractivity contribution >= 4 is 0 Å². The molecule has 110 valence electrons. The molecule has 2 nitrogen and oxygen atoms in total. The van der Waals surface area contributed by atoms with E-state index in [0.717, 1.165) is 37.9 Å². The van der Waals surface area contributed by atoms with Gasteiger partial charge in [-0.3, -0.25) is 4.90 Å². The van der Waals surface area contributed by atoms with Crippen LogP contribution in [0.2, 0.25) is 0 Å². The van der Waals surface area contributed by atoms with E-state index in [1.54, 1.807) is 12.1 Å². The molecule has 0 saturated carbocycles. The molecule has 2 aliphatic rings. The first-order chi connectivity index (χ1) is 9.54. The molecule has 2 saturated heterocycles. The summed E-state index contributed by atoms with van der Waals surface area (Å²) in [5.74, 6) is 1.35. The quantitative estimate of drug-likeness (QED) is 0.912. The molecule has 0 bridgehead atoms. The zero-order chi connectivity index (χ0) is 14.3. The van der Waals surface area contributed by atoms with Gasteiger partial charge in [0.05, 0.1) is 0 Å². The van der Waals surface area contributed by atoms with Crippen LogP contribution in [0, 0.1) is 17.7 Å². The van der Waals surface area contributed by atoms with Gasteiger partial charge in [0.1, 0.15) is 5.82 Å². The molecule has 3 atom stereocenters. The van der Waals surface area contributed by atoms with Gasteiger partial charge in [-0.1, -0.05) is 19.1 Å². The molecule has 20 heavy (non-hydrogen) atoms. The van der Waals surface area contributed by atoms with E-state index in [2.05, 4.69) is 31.0 Å². The Labute approximate surface area is 121 Å². The maximum absolute atomic E-state index is 13.1. The van der Waals surface area contributed by atoms with Gasteiger partial charge in [-0.05, 0) is 56.3 Å². The van der Waals surface area contributed by atoms with Crippen LogP contribution in [-0.4, -0.2) is 30.1 Å². The molecule has 1 aromatic rings. The van der Waals surface area contributed by atoms with E-state index >= 15 is 0 Å². The van der Waals surface area contributed by atoms with Crippen LogP contribution in [0.5, 0.6) is 0 Å². The molecule has 0 radical (unpaired) electrons. The third-order valence-corrected chi connectivity index (χ3v) is 5.44. The molecule has 0 aliphatic carbocycles. The van der Waals surface area contributed by atoms with Crippen LogP contribution in [-0.2, 0) is 0 Å². The summed E-state index contributed by atoms with van der Waals surface area (Å²) in [5, 5.41) is 3.53. The summed E-state index contributed by atoms with van der Waals surface area (Å²) in [6.45, 7) is 10.4. The number of hydrogen-bond donors (Lipinski definition) is 1. The Hall–Kier alpha value is -0.930. The zero-order valence-corrected chi connectivity index (χ0v) is 12.7. The average Bonchev–Trinajstić information content (AvgIpc) is 2.97. The van der Waals surface area contributed by atoms with Gasteiger partial charge in [-0.25, -0.2) is 4.39 Å². The van der Waals surface area contributed by atoms with E-state index in [9.17, 15) is 4.39 Å². The molecule has 3 unspecified atom stereocenters. The summed E-state index contributed by atoms with van der Waals surface area (Å²) < 4.78 is 13.1. The topological polar surface area (TPSA) is 15.3 Å². The van der Waals surface area contributed by atoms with Crippen molar-refractivity contribution in [3.63, 3.8) is 0 Å². The van der Waals surface area contributed by atoms with Crippen LogP contribution in [0.3, 0.4) is 0 Å². The maximum atomic E-state index is 13.1. The Bertz CT molecular complexity index is 468. The zero-order valence-electron chi connectivity index (χ0n) is 12.7. The third kappa shape index (κ3) is 2.17. The normalized spacial score (nSPS) is 30.4. The summed E-state index contributed by atoms with van der Waals surface area (Å²) in [6.07, 6.45) is 1.07. The number of benzene rings is 1. The minimum absolute atomic E-state index is 0.148. The highest BCUT2D eigenvalue weighted by molar-refractivity contribution is 5.22. The minimum Gasteiger partial charge on any atom is -0.316 e. The van der Waals surface area contributed by atoms with Gasteiger partial charge in [0.25, 0.3) is 0 Å². The lowest BCUT2D eigenvalue weighted by Gasteiger charge is -2.41. The number of nitrogens with zero attached hydrogens (tertiary/aromatic N) is 1. The third-order valence-electron chi connectivity index (χ3n) is 5.44. The number of nitrogens with one attached hydrogen (secondary N) is 1. The van der Waals surface area contributed by atoms with Crippen LogP contribution in [0.25, 0.3) is 0 Å². The lowest BCUT2D eigenvalue weighted by molar-refractivity contribution is 0.0859. The molecule has 3 rings (SSSR count). The van der Waals surface area contributed by atoms with Crippen molar-refractivity contribution in [3.05, 3.63) is 35.6 Å². The van der Waals surface area contributed by atoms with Crippen molar-refractivity contribution in [3.8, 4) is 0 Å². The van der Waals surface area contributed by atoms with Gasteiger partial charge in [-0.2, -0.15) is 0 Å². The van der Waals surface area contributed by atoms with E-state index in [-0.39, 0.29) is 11.4 Å². The van der Waals surface area contributed by atoms with Crippen LogP contribution in [0.1, 0.15) is 38.8 Å². The highest BCUT2D eigenvalue weighted by Crippen LogP contribution is 2.45. The monoisotopic (exact) mass is 276 g/mol. The van der Waals surface area contributed by atoms with Crippen LogP contribution >= 0.6 is 0 Å². The molecule has 2 fully saturated rings. The van der Waals surface area contributed by atoms with Gasteiger partial charge in [0.2, 0.25) is 0 Å². The summed E-state index contributed by atoms with van der Waals surface area (Å²) in [4.78, 5) is 2.65. The van der Waals surface area contributed by atoms with Crippen molar-refractivity contribution in [2.75, 3.05) is 19.6 Å². The Morgan fingerprint density at radius 1 is 1.30 bits per heavy atom. The first-order valence-corrected chi connectivity index (χ1v) is 7.77. The molecule has 2 heterocycles. The summed E-state index contributed by atoms with van der Waals surface area (Å²) in [5.41, 5.74) is 1.46. The van der Waals surface area contributed by atoms with Gasteiger partial charge >= 0.3 is 0 Å². The van der Waals surface area contributed by atoms with Crippen LogP contribution in [0.15, 0.2) is 24.3 Å². The summed E-state index contributed by atoms with van der Waals surface area (Å²) in [6, 6.07) is 7.47. The van der Waals surface area contributed by atoms with E-state index < -0.39 is 0 Å². The smallest absolute Gasteiger partial charge is 0.123 e. The lowest BCUT2D eigenvalue weighted by atomic mass is 9.84. The highest BCUT2D eigenvalue weighted by atomic mass is 19.1. The Morgan fingerprint density at radius 3 is 2.60 bits per heavy atom. The summed E-state index contributed by atoms with van der Waals surface area (Å²) >= 11 is 0. The molecular weight excluding hydrogens is 251 g/mol. The van der Waals surface area contributed by atoms with Crippen LogP contribution < -0.4 is 5.32 Å². The van der Waals surface area contributed by atoms with Gasteiger partial charge in [0.15, 0.2) is 0 Å². The standard InChI is InChI=1S/C17H25FN2/c1-4-16(12-5-7-14(18)8-6-12)20-11-13-9-19-10-15(13)17(20,2)3/h5-8,13,15-16,19H,4,9-11H2,1-3H3. The largest absolute Gasteiger partial charge is 0.316 e. The maximum Gasteiger partial charge on any atom is 0.123 e. The van der Waals surface area contributed by atoms with E-state index in [1.807, 2.05) is 12.1 Å². The number of fused-ring (bicyclic) bond motifs is 1. The van der Waals surface area contributed by atoms with Crippen LogP contribution in [0.4, 0.5) is 4.39 Å². The molecule has 0 spiro atoms. The number of hydrogen-bond acceptors (Lipinski definition) is 2. The fraction of sp³-hybridized carbons (Fsp3) is 0.647. The SMILES string of the molecule is CCC(c1ccc(F)cc1)N1CC2CNCC2C1(C)C. The number of halogens is 1. The second kappa shape index (κ2) is 5.12. The Kier molecular flexibility index (Phi) is 3.59. The fourth-order valence-corrected chi connectivity index (χ4v) is 4.30. The first-order valence-electron chi connectivity index (χ1n) is 7.77. The van der Waals surface area contributed by atoms with Crippen molar-refractivity contribution in [2.45, 2.75) is 38.8 Å². The molecule has 1 aromatic carbocycles. The number of likely N-dealkylation sites (tertiary alicyclic amines) is 1. The molecule has 1 N–H and O–H groups in total. The van der Waals surface area contributed by atoms with E-state index in [1.165, 1.54) is 5.56 Å². The average molecular weight is 276 g/mol.